The van der Waals surface area contributed by atoms with Gasteiger partial charge in [-0.3, -0.25) is 4.90 Å². The Kier molecular flexibility index (Phi) is 3.92. The van der Waals surface area contributed by atoms with Gasteiger partial charge in [-0.1, -0.05) is 61.5 Å². The van der Waals surface area contributed by atoms with Gasteiger partial charge in [0.05, 0.1) is 16.9 Å². The van der Waals surface area contributed by atoms with Crippen LogP contribution in [0, 0.1) is 0 Å². The minimum absolute atomic E-state index is 0.200. The van der Waals surface area contributed by atoms with Crippen LogP contribution in [0.2, 0.25) is 0 Å². The van der Waals surface area contributed by atoms with Crippen LogP contribution in [0.5, 0.6) is 0 Å². The molecule has 0 radical (unpaired) electrons. The topological polar surface area (TPSA) is 34.0 Å². The number of hydrogen-bond donors (Lipinski definition) is 0. The summed E-state index contributed by atoms with van der Waals surface area (Å²) in [7, 11) is 0. The highest BCUT2D eigenvalue weighted by Gasteiger charge is 2.52. The van der Waals surface area contributed by atoms with Crippen LogP contribution in [-0.2, 0) is 5.41 Å². The summed E-state index contributed by atoms with van der Waals surface area (Å²) in [4.78, 5) is 11.6. The van der Waals surface area contributed by atoms with Crippen molar-refractivity contribution in [3.05, 3.63) is 120 Å². The van der Waals surface area contributed by atoms with Crippen molar-refractivity contribution in [2.75, 3.05) is 4.90 Å². The minimum Gasteiger partial charge on any atom is -0.310 e. The SMILES string of the molecule is CC1c2c(n(-c3ccccc3)c3ccccc23)C=C2N(c3ncccn3)c3ccccc3C21C. The van der Waals surface area contributed by atoms with E-state index in [1.807, 2.05) is 18.5 Å². The maximum atomic E-state index is 4.65. The molecule has 4 nitrogen and oxygen atoms in total. The number of hydrogen-bond acceptors (Lipinski definition) is 3. The van der Waals surface area contributed by atoms with Crippen molar-refractivity contribution in [3.63, 3.8) is 0 Å². The van der Waals surface area contributed by atoms with Crippen LogP contribution in [0.1, 0.15) is 36.6 Å². The molecule has 0 amide bonds. The van der Waals surface area contributed by atoms with Crippen LogP contribution in [0.25, 0.3) is 22.7 Å². The molecular weight excluding hydrogens is 416 g/mol. The first-order chi connectivity index (χ1) is 16.7. The van der Waals surface area contributed by atoms with Crippen molar-refractivity contribution in [2.24, 2.45) is 0 Å². The Morgan fingerprint density at radius 1 is 0.794 bits per heavy atom. The average Bonchev–Trinajstić information content (AvgIpc) is 3.36. The van der Waals surface area contributed by atoms with Crippen molar-refractivity contribution in [2.45, 2.75) is 25.2 Å². The Morgan fingerprint density at radius 2 is 1.50 bits per heavy atom. The summed E-state index contributed by atoms with van der Waals surface area (Å²) in [6, 6.07) is 30.0. The summed E-state index contributed by atoms with van der Waals surface area (Å²) in [6.07, 6.45) is 6.01. The maximum Gasteiger partial charge on any atom is 0.234 e. The molecule has 3 heterocycles. The highest BCUT2D eigenvalue weighted by molar-refractivity contribution is 5.95. The van der Waals surface area contributed by atoms with Gasteiger partial charge in [0.15, 0.2) is 0 Å². The highest BCUT2D eigenvalue weighted by Crippen LogP contribution is 2.60. The number of nitrogens with zero attached hydrogens (tertiary/aromatic N) is 4. The molecule has 0 N–H and O–H groups in total. The number of rotatable bonds is 2. The van der Waals surface area contributed by atoms with Crippen LogP contribution in [0.15, 0.2) is 103 Å². The number of anilines is 2. The van der Waals surface area contributed by atoms with E-state index in [0.717, 1.165) is 5.69 Å². The molecule has 2 aliphatic rings. The van der Waals surface area contributed by atoms with Crippen LogP contribution >= 0.6 is 0 Å². The van der Waals surface area contributed by atoms with E-state index in [1.165, 1.54) is 39.1 Å². The fourth-order valence-electron chi connectivity index (χ4n) is 6.05. The largest absolute Gasteiger partial charge is 0.310 e. The third-order valence-electron chi connectivity index (χ3n) is 7.77. The molecule has 164 valence electrons. The molecule has 0 fully saturated rings. The normalized spacial score (nSPS) is 20.6. The third-order valence-corrected chi connectivity index (χ3v) is 7.77. The van der Waals surface area contributed by atoms with Crippen LogP contribution in [0.3, 0.4) is 0 Å². The quantitative estimate of drug-likeness (QED) is 0.297. The summed E-state index contributed by atoms with van der Waals surface area (Å²) >= 11 is 0. The molecule has 2 atom stereocenters. The molecular formula is C30H24N4. The van der Waals surface area contributed by atoms with Gasteiger partial charge in [-0.15, -0.1) is 0 Å². The van der Waals surface area contributed by atoms with Crippen molar-refractivity contribution in [1.29, 1.82) is 0 Å². The molecule has 2 aromatic heterocycles. The summed E-state index contributed by atoms with van der Waals surface area (Å²) in [6.45, 7) is 4.75. The average molecular weight is 441 g/mol. The molecule has 0 spiro atoms. The number of aromatic nitrogens is 3. The number of fused-ring (bicyclic) bond motifs is 6. The van der Waals surface area contributed by atoms with E-state index in [1.54, 1.807) is 0 Å². The van der Waals surface area contributed by atoms with E-state index >= 15 is 0 Å². The predicted octanol–water partition coefficient (Wildman–Crippen LogP) is 6.99. The highest BCUT2D eigenvalue weighted by atomic mass is 15.3. The predicted molar refractivity (Wildman–Crippen MR) is 138 cm³/mol. The first-order valence-corrected chi connectivity index (χ1v) is 11.8. The number of allylic oxidation sites excluding steroid dienone is 1. The van der Waals surface area contributed by atoms with Gasteiger partial charge < -0.3 is 4.57 Å². The molecule has 34 heavy (non-hydrogen) atoms. The van der Waals surface area contributed by atoms with E-state index in [4.69, 9.17) is 0 Å². The molecule has 5 aromatic rings. The van der Waals surface area contributed by atoms with Gasteiger partial charge in [0.1, 0.15) is 0 Å². The van der Waals surface area contributed by atoms with E-state index in [9.17, 15) is 0 Å². The number of benzene rings is 3. The van der Waals surface area contributed by atoms with E-state index in [-0.39, 0.29) is 11.3 Å². The molecule has 1 aliphatic heterocycles. The van der Waals surface area contributed by atoms with Crippen LogP contribution in [0.4, 0.5) is 11.6 Å². The second kappa shape index (κ2) is 6.91. The fourth-order valence-corrected chi connectivity index (χ4v) is 6.05. The summed E-state index contributed by atoms with van der Waals surface area (Å²) in [5, 5.41) is 1.32. The summed E-state index contributed by atoms with van der Waals surface area (Å²) in [5.74, 6) is 0.968. The van der Waals surface area contributed by atoms with Crippen LogP contribution < -0.4 is 4.90 Å². The van der Waals surface area contributed by atoms with E-state index in [0.29, 0.717) is 5.95 Å². The molecule has 2 unspecified atom stereocenters. The molecule has 7 rings (SSSR count). The van der Waals surface area contributed by atoms with Crippen molar-refractivity contribution >= 4 is 28.6 Å². The molecule has 1 aliphatic carbocycles. The Labute approximate surface area is 198 Å². The monoisotopic (exact) mass is 440 g/mol. The zero-order chi connectivity index (χ0) is 22.9. The Balaban J connectivity index is 1.59. The Bertz CT molecular complexity index is 1580. The first-order valence-electron chi connectivity index (χ1n) is 11.8. The lowest BCUT2D eigenvalue weighted by molar-refractivity contribution is 0.473. The van der Waals surface area contributed by atoms with Crippen molar-refractivity contribution in [1.82, 2.24) is 14.5 Å². The fraction of sp³-hybridized carbons (Fsp3) is 0.133. The van der Waals surface area contributed by atoms with E-state index in [2.05, 4.69) is 118 Å². The number of para-hydroxylation sites is 3. The zero-order valence-corrected chi connectivity index (χ0v) is 19.2. The minimum atomic E-state index is -0.200. The first kappa shape index (κ1) is 19.3. The molecule has 0 saturated heterocycles. The van der Waals surface area contributed by atoms with Gasteiger partial charge in [-0.25, -0.2) is 9.97 Å². The molecule has 3 aromatic carbocycles. The second-order valence-electron chi connectivity index (χ2n) is 9.34. The third kappa shape index (κ3) is 2.37. The smallest absolute Gasteiger partial charge is 0.234 e. The molecule has 4 heteroatoms. The summed E-state index contributed by atoms with van der Waals surface area (Å²) in [5.41, 5.74) is 8.55. The lowest BCUT2D eigenvalue weighted by Crippen LogP contribution is -2.34. The Morgan fingerprint density at radius 3 is 2.32 bits per heavy atom. The zero-order valence-electron chi connectivity index (χ0n) is 19.2. The molecule has 0 bridgehead atoms. The lowest BCUT2D eigenvalue weighted by Gasteiger charge is -2.39. The lowest BCUT2D eigenvalue weighted by atomic mass is 9.66. The van der Waals surface area contributed by atoms with Crippen LogP contribution in [-0.4, -0.2) is 14.5 Å². The van der Waals surface area contributed by atoms with Gasteiger partial charge in [0, 0.05) is 34.6 Å². The van der Waals surface area contributed by atoms with Gasteiger partial charge >= 0.3 is 0 Å². The van der Waals surface area contributed by atoms with Gasteiger partial charge in [-0.2, -0.15) is 0 Å². The standard InChI is InChI=1S/C30H24N4/c1-20-28-22-13-6-8-15-24(22)33(21-11-4-3-5-12-21)26(28)19-27-30(20,2)23-14-7-9-16-25(23)34(27)29-31-17-10-18-32-29/h3-20H,1-2H3. The van der Waals surface area contributed by atoms with Gasteiger partial charge in [0.25, 0.3) is 0 Å². The maximum absolute atomic E-state index is 4.65. The van der Waals surface area contributed by atoms with Crippen molar-refractivity contribution in [3.8, 4) is 5.69 Å². The van der Waals surface area contributed by atoms with E-state index < -0.39 is 0 Å². The Hall–Kier alpha value is -4.18. The van der Waals surface area contributed by atoms with Gasteiger partial charge in [-0.05, 0) is 60.4 Å². The summed E-state index contributed by atoms with van der Waals surface area (Å²) < 4.78 is 2.40. The second-order valence-corrected chi connectivity index (χ2v) is 9.34. The van der Waals surface area contributed by atoms with Crippen molar-refractivity contribution < 1.29 is 0 Å². The molecule has 0 saturated carbocycles. The van der Waals surface area contributed by atoms with Gasteiger partial charge in [0.2, 0.25) is 5.95 Å².